The summed E-state index contributed by atoms with van der Waals surface area (Å²) in [6, 6.07) is 18.4. The fourth-order valence-corrected chi connectivity index (χ4v) is 4.34. The molecule has 2 N–H and O–H groups in total. The minimum Gasteiger partial charge on any atom is -0.326 e. The molecule has 3 rings (SSSR count). The zero-order chi connectivity index (χ0) is 20.7. The molecule has 2 aromatic carbocycles. The third-order valence-corrected chi connectivity index (χ3v) is 6.40. The number of hydrogen-bond acceptors (Lipinski definition) is 5. The van der Waals surface area contributed by atoms with Crippen LogP contribution in [0.1, 0.15) is 6.42 Å². The molecule has 1 amide bonds. The van der Waals surface area contributed by atoms with Crippen molar-refractivity contribution in [2.75, 3.05) is 15.8 Å². The highest BCUT2D eigenvalue weighted by Crippen LogP contribution is 2.21. The highest BCUT2D eigenvalue weighted by molar-refractivity contribution is 7.99. The second-order valence-corrected chi connectivity index (χ2v) is 9.23. The van der Waals surface area contributed by atoms with Crippen LogP contribution < -0.4 is 10.0 Å². The van der Waals surface area contributed by atoms with E-state index in [1.54, 1.807) is 42.1 Å². The molecule has 0 saturated heterocycles. The predicted molar refractivity (Wildman–Crippen MR) is 117 cm³/mol. The molecule has 1 heterocycles. The zero-order valence-corrected chi connectivity index (χ0v) is 17.6. The molecule has 0 aliphatic rings. The van der Waals surface area contributed by atoms with E-state index in [0.717, 1.165) is 4.90 Å². The number of sulfonamides is 1. The molecule has 29 heavy (non-hydrogen) atoms. The molecular weight excluding hydrogens is 430 g/mol. The van der Waals surface area contributed by atoms with Gasteiger partial charge < -0.3 is 5.32 Å². The molecule has 150 valence electrons. The highest BCUT2D eigenvalue weighted by Gasteiger charge is 2.14. The maximum Gasteiger partial charge on any atom is 0.263 e. The van der Waals surface area contributed by atoms with Gasteiger partial charge in [-0.1, -0.05) is 17.7 Å². The molecule has 0 spiro atoms. The van der Waals surface area contributed by atoms with E-state index in [9.17, 15) is 13.2 Å². The second-order valence-electron chi connectivity index (χ2n) is 5.95. The van der Waals surface area contributed by atoms with E-state index in [2.05, 4.69) is 15.0 Å². The summed E-state index contributed by atoms with van der Waals surface area (Å²) in [5.74, 6) is 0.713. The Morgan fingerprint density at radius 3 is 2.38 bits per heavy atom. The Hall–Kier alpha value is -2.55. The van der Waals surface area contributed by atoms with Crippen LogP contribution in [0.3, 0.4) is 0 Å². The summed E-state index contributed by atoms with van der Waals surface area (Å²) in [6.45, 7) is 0. The van der Waals surface area contributed by atoms with E-state index in [4.69, 9.17) is 11.6 Å². The SMILES string of the molecule is O=C(CCSc1ccc(Cl)cc1)Nc1ccc(S(=O)(=O)Nc2ccccn2)cc1. The van der Waals surface area contributed by atoms with Crippen molar-refractivity contribution in [3.63, 3.8) is 0 Å². The van der Waals surface area contributed by atoms with Crippen molar-refractivity contribution < 1.29 is 13.2 Å². The van der Waals surface area contributed by atoms with Gasteiger partial charge in [-0.25, -0.2) is 13.4 Å². The molecule has 0 atom stereocenters. The van der Waals surface area contributed by atoms with Crippen LogP contribution in [0, 0.1) is 0 Å². The van der Waals surface area contributed by atoms with Gasteiger partial charge in [0.25, 0.3) is 10.0 Å². The molecule has 0 saturated carbocycles. The van der Waals surface area contributed by atoms with Crippen molar-refractivity contribution in [2.24, 2.45) is 0 Å². The summed E-state index contributed by atoms with van der Waals surface area (Å²) in [7, 11) is -3.74. The van der Waals surface area contributed by atoms with Crippen molar-refractivity contribution in [3.8, 4) is 0 Å². The first-order chi connectivity index (χ1) is 13.9. The van der Waals surface area contributed by atoms with E-state index < -0.39 is 10.0 Å². The normalized spacial score (nSPS) is 11.1. The van der Waals surface area contributed by atoms with Crippen LogP contribution in [-0.4, -0.2) is 25.1 Å². The Balaban J connectivity index is 1.51. The smallest absolute Gasteiger partial charge is 0.263 e. The van der Waals surface area contributed by atoms with Gasteiger partial charge in [0, 0.05) is 34.0 Å². The molecule has 0 fully saturated rings. The fourth-order valence-electron chi connectivity index (χ4n) is 2.35. The number of thioether (sulfide) groups is 1. The number of amides is 1. The summed E-state index contributed by atoms with van der Waals surface area (Å²) in [5, 5.41) is 3.44. The van der Waals surface area contributed by atoms with Gasteiger partial charge in [0.05, 0.1) is 4.90 Å². The van der Waals surface area contributed by atoms with E-state index >= 15 is 0 Å². The minimum absolute atomic E-state index is 0.0828. The highest BCUT2D eigenvalue weighted by atomic mass is 35.5. The van der Waals surface area contributed by atoms with Gasteiger partial charge in [0.1, 0.15) is 5.82 Å². The summed E-state index contributed by atoms with van der Waals surface area (Å²) >= 11 is 7.41. The van der Waals surface area contributed by atoms with E-state index in [0.29, 0.717) is 22.9 Å². The van der Waals surface area contributed by atoms with Gasteiger partial charge in [-0.05, 0) is 60.7 Å². The summed E-state index contributed by atoms with van der Waals surface area (Å²) in [5.41, 5.74) is 0.531. The molecular formula is C20H18ClN3O3S2. The van der Waals surface area contributed by atoms with Crippen molar-refractivity contribution in [2.45, 2.75) is 16.2 Å². The number of halogens is 1. The number of rotatable bonds is 8. The number of carbonyl (C=O) groups excluding carboxylic acids is 1. The van der Waals surface area contributed by atoms with Crippen LogP contribution in [0.5, 0.6) is 0 Å². The standard InChI is InChI=1S/C20H18ClN3O3S2/c21-15-4-8-17(9-5-15)28-14-12-20(25)23-16-6-10-18(11-7-16)29(26,27)24-19-3-1-2-13-22-19/h1-11,13H,12,14H2,(H,22,24)(H,23,25). The summed E-state index contributed by atoms with van der Waals surface area (Å²) < 4.78 is 27.2. The van der Waals surface area contributed by atoms with Crippen LogP contribution in [0.25, 0.3) is 0 Å². The van der Waals surface area contributed by atoms with Gasteiger partial charge >= 0.3 is 0 Å². The fraction of sp³-hybridized carbons (Fsp3) is 0.100. The van der Waals surface area contributed by atoms with Gasteiger partial charge in [-0.2, -0.15) is 0 Å². The van der Waals surface area contributed by atoms with Crippen molar-refractivity contribution in [1.29, 1.82) is 0 Å². The van der Waals surface area contributed by atoms with Crippen LogP contribution in [0.2, 0.25) is 5.02 Å². The monoisotopic (exact) mass is 447 g/mol. The van der Waals surface area contributed by atoms with Crippen LogP contribution in [0.15, 0.2) is 82.7 Å². The lowest BCUT2D eigenvalue weighted by Crippen LogP contribution is -2.14. The van der Waals surface area contributed by atoms with Crippen molar-refractivity contribution in [1.82, 2.24) is 4.98 Å². The topological polar surface area (TPSA) is 88.2 Å². The lowest BCUT2D eigenvalue weighted by molar-refractivity contribution is -0.115. The number of anilines is 2. The first-order valence-corrected chi connectivity index (χ1v) is 11.5. The molecule has 3 aromatic rings. The third-order valence-electron chi connectivity index (χ3n) is 3.76. The quantitative estimate of drug-likeness (QED) is 0.490. The molecule has 0 aliphatic carbocycles. The number of nitrogens with one attached hydrogen (secondary N) is 2. The Labute approximate surface area is 178 Å². The molecule has 0 unspecified atom stereocenters. The lowest BCUT2D eigenvalue weighted by atomic mass is 10.3. The van der Waals surface area contributed by atoms with Gasteiger partial charge in [-0.15, -0.1) is 11.8 Å². The molecule has 9 heteroatoms. The Morgan fingerprint density at radius 1 is 1.00 bits per heavy atom. The van der Waals surface area contributed by atoms with Gasteiger partial charge in [-0.3, -0.25) is 9.52 Å². The minimum atomic E-state index is -3.74. The number of hydrogen-bond donors (Lipinski definition) is 2. The number of pyridine rings is 1. The average Bonchev–Trinajstić information content (AvgIpc) is 2.70. The first-order valence-electron chi connectivity index (χ1n) is 8.64. The molecule has 0 bridgehead atoms. The van der Waals surface area contributed by atoms with Crippen molar-refractivity contribution in [3.05, 3.63) is 77.9 Å². The van der Waals surface area contributed by atoms with E-state index in [1.807, 2.05) is 24.3 Å². The Morgan fingerprint density at radius 2 is 1.72 bits per heavy atom. The first kappa shape index (κ1) is 21.2. The van der Waals surface area contributed by atoms with Crippen molar-refractivity contribution >= 4 is 50.8 Å². The Kier molecular flexibility index (Phi) is 7.13. The molecule has 1 aromatic heterocycles. The van der Waals surface area contributed by atoms with Crippen LogP contribution in [0.4, 0.5) is 11.5 Å². The molecule has 0 radical (unpaired) electrons. The van der Waals surface area contributed by atoms with Gasteiger partial charge in [0.2, 0.25) is 5.91 Å². The maximum absolute atomic E-state index is 12.4. The van der Waals surface area contributed by atoms with E-state index in [-0.39, 0.29) is 16.6 Å². The number of carbonyl (C=O) groups is 1. The lowest BCUT2D eigenvalue weighted by Gasteiger charge is -2.09. The largest absolute Gasteiger partial charge is 0.326 e. The average molecular weight is 448 g/mol. The summed E-state index contributed by atoms with van der Waals surface area (Å²) in [4.78, 5) is 17.2. The van der Waals surface area contributed by atoms with E-state index in [1.165, 1.54) is 18.3 Å². The predicted octanol–water partition coefficient (Wildman–Crippen LogP) is 4.66. The summed E-state index contributed by atoms with van der Waals surface area (Å²) in [6.07, 6.45) is 1.83. The van der Waals surface area contributed by atoms with Crippen LogP contribution in [-0.2, 0) is 14.8 Å². The van der Waals surface area contributed by atoms with Crippen LogP contribution >= 0.6 is 23.4 Å². The molecule has 6 nitrogen and oxygen atoms in total. The molecule has 0 aliphatic heterocycles. The number of benzene rings is 2. The van der Waals surface area contributed by atoms with Gasteiger partial charge in [0.15, 0.2) is 0 Å². The number of aromatic nitrogens is 1. The maximum atomic E-state index is 12.4. The third kappa shape index (κ3) is 6.49. The zero-order valence-electron chi connectivity index (χ0n) is 15.2. The number of nitrogens with zero attached hydrogens (tertiary/aromatic N) is 1. The second kappa shape index (κ2) is 9.78. The Bertz CT molecular complexity index is 1060.